The van der Waals surface area contributed by atoms with Crippen LogP contribution in [0.25, 0.3) is 0 Å². The quantitative estimate of drug-likeness (QED) is 0.0341. The standard InChI is InChI=1S/C27H38O4.2C19H27BrO2.C14H28O2Si2.3CH4/c1-16(12-22-13-17(2)26(30)31-22)23-9-10-24-19(6-5-11-27(23,24)4)7-8-20-14-21(28)15-25(29)18(20)3;2*1-12(9-15-10-13(2)18(21)22-15)16-6-7-17-14(11-20)5-4-8-19(16,17)3;1-9-11-14(16-18(6,7)8)12-13(10-2)15-17(3,4)5;;;/h7-8,13,16,21-25,28-29H,3,5-6,9-12,14-15H2,1-2,4H3;10-12,15-17H,4-9H2,1-3H3;11-12,15-17H,2,4-10H2,1,3H3;1,10,13-14H,2,11-12H2,3-8H3;3*1H4/b19-7+,20-8-;2*14-11+;;;;/t16-,21-,22-,23-,24?,25+,27-;2*12-,15-,16-,17?,19-;13-,14-;;;/m1111.../s1. The first-order valence-corrected chi connectivity index (χ1v) is 44.4. The minimum absolute atomic E-state index is 0. The van der Waals surface area contributed by atoms with Crippen LogP contribution in [0.4, 0.5) is 0 Å². The maximum Gasteiger partial charge on any atom is 0.334 e. The summed E-state index contributed by atoms with van der Waals surface area (Å²) in [5.74, 6) is 8.14. The first kappa shape index (κ1) is 85.3. The summed E-state index contributed by atoms with van der Waals surface area (Å²) in [6.07, 6.45) is 39.8. The number of aliphatic hydroxyl groups excluding tert-OH is 2. The molecule has 1 saturated heterocycles. The average molecular weight is 1490 g/mol. The predicted molar refractivity (Wildman–Crippen MR) is 412 cm³/mol. The number of hydrogen-bond donors (Lipinski definition) is 2. The normalized spacial score (nSPS) is 35.5. The van der Waals surface area contributed by atoms with Crippen molar-refractivity contribution in [3.05, 3.63) is 105 Å². The molecule has 14 heteroatoms. The van der Waals surface area contributed by atoms with Gasteiger partial charge in [0.25, 0.3) is 0 Å². The fourth-order valence-electron chi connectivity index (χ4n) is 19.5. The van der Waals surface area contributed by atoms with Crippen LogP contribution in [0.2, 0.25) is 39.3 Å². The van der Waals surface area contributed by atoms with Gasteiger partial charge in [-0.15, -0.1) is 18.9 Å². The fourth-order valence-corrected chi connectivity index (χ4v) is 22.9. The molecule has 0 spiro atoms. The van der Waals surface area contributed by atoms with Gasteiger partial charge in [-0.3, -0.25) is 0 Å². The second-order valence-electron chi connectivity index (χ2n) is 32.8. The predicted octanol–water partition coefficient (Wildman–Crippen LogP) is 21.7. The molecular formula is C82H132Br2O10Si2. The van der Waals surface area contributed by atoms with E-state index in [1.807, 2.05) is 32.1 Å². The maximum atomic E-state index is 11.7. The van der Waals surface area contributed by atoms with Crippen LogP contribution in [0.15, 0.2) is 105 Å². The Balaban J connectivity index is 0.000000275. The van der Waals surface area contributed by atoms with Gasteiger partial charge in [0.15, 0.2) is 16.6 Å². The van der Waals surface area contributed by atoms with E-state index in [2.05, 4.69) is 160 Å². The molecule has 19 atom stereocenters. The Kier molecular flexibility index (Phi) is 32.6. The Hall–Kier alpha value is -3.14. The molecule has 3 unspecified atom stereocenters. The van der Waals surface area contributed by atoms with Crippen molar-refractivity contribution in [3.8, 4) is 12.3 Å². The van der Waals surface area contributed by atoms with E-state index in [0.29, 0.717) is 65.3 Å². The van der Waals surface area contributed by atoms with Crippen molar-refractivity contribution < 1.29 is 47.7 Å². The number of aliphatic hydroxyl groups is 2. The van der Waals surface area contributed by atoms with Gasteiger partial charge in [-0.2, -0.15) is 0 Å². The second kappa shape index (κ2) is 36.6. The van der Waals surface area contributed by atoms with Crippen LogP contribution >= 0.6 is 31.9 Å². The van der Waals surface area contributed by atoms with E-state index in [0.717, 1.165) is 84.5 Å². The van der Waals surface area contributed by atoms with Crippen molar-refractivity contribution in [1.29, 1.82) is 0 Å². The van der Waals surface area contributed by atoms with Crippen LogP contribution in [0.3, 0.4) is 0 Å². The summed E-state index contributed by atoms with van der Waals surface area (Å²) in [6.45, 7) is 43.0. The number of esters is 3. The number of terminal acetylenes is 1. The third-order valence-electron chi connectivity index (χ3n) is 23.8. The lowest BCUT2D eigenvalue weighted by molar-refractivity contribution is -0.141. The van der Waals surface area contributed by atoms with E-state index in [1.54, 1.807) is 11.1 Å². The van der Waals surface area contributed by atoms with Gasteiger partial charge in [-0.1, -0.05) is 144 Å². The lowest BCUT2D eigenvalue weighted by atomic mass is 9.60. The number of cyclic esters (lactones) is 3. The lowest BCUT2D eigenvalue weighted by Crippen LogP contribution is -2.37. The monoisotopic (exact) mass is 1490 g/mol. The molecule has 3 aliphatic heterocycles. The van der Waals surface area contributed by atoms with Gasteiger partial charge in [0, 0.05) is 42.4 Å². The van der Waals surface area contributed by atoms with Gasteiger partial charge in [0.2, 0.25) is 0 Å². The Morgan fingerprint density at radius 2 is 1.07 bits per heavy atom. The zero-order chi connectivity index (χ0) is 68.5. The third kappa shape index (κ3) is 21.5. The maximum absolute atomic E-state index is 11.7. The molecule has 0 aromatic carbocycles. The molecule has 0 aromatic heterocycles. The molecule has 542 valence electrons. The number of allylic oxidation sites excluding steroid dienone is 5. The molecule has 3 heterocycles. The molecule has 96 heavy (non-hydrogen) atoms. The summed E-state index contributed by atoms with van der Waals surface area (Å²) in [7, 11) is -3.13. The molecule has 10 rings (SSSR count). The molecule has 7 saturated carbocycles. The summed E-state index contributed by atoms with van der Waals surface area (Å²) in [6, 6.07) is 0. The highest BCUT2D eigenvalue weighted by molar-refractivity contribution is 9.11. The summed E-state index contributed by atoms with van der Waals surface area (Å²) < 4.78 is 28.6. The number of rotatable bonds is 18. The fraction of sp³-hybridized carbons (Fsp3) is 0.720. The molecule has 10 aliphatic rings. The Bertz CT molecular complexity index is 2900. The highest BCUT2D eigenvalue weighted by atomic mass is 79.9. The molecule has 8 fully saturated rings. The number of ether oxygens (including phenoxy) is 3. The number of carbonyl (C=O) groups excluding carboxylic acids is 3. The second-order valence-corrected chi connectivity index (χ2v) is 42.6. The zero-order valence-electron chi connectivity index (χ0n) is 59.7. The summed E-state index contributed by atoms with van der Waals surface area (Å²) >= 11 is 7.17. The van der Waals surface area contributed by atoms with Crippen molar-refractivity contribution in [3.63, 3.8) is 0 Å². The van der Waals surface area contributed by atoms with Crippen LogP contribution in [-0.2, 0) is 37.4 Å². The van der Waals surface area contributed by atoms with Crippen molar-refractivity contribution in [2.75, 3.05) is 0 Å². The van der Waals surface area contributed by atoms with E-state index in [-0.39, 0.29) is 76.1 Å². The summed E-state index contributed by atoms with van der Waals surface area (Å²) in [5, 5.41) is 20.2. The summed E-state index contributed by atoms with van der Waals surface area (Å²) in [5.41, 5.74) is 9.79. The van der Waals surface area contributed by atoms with Gasteiger partial charge < -0.3 is 33.3 Å². The zero-order valence-corrected chi connectivity index (χ0v) is 64.8. The van der Waals surface area contributed by atoms with Gasteiger partial charge in [-0.05, 0) is 278 Å². The highest BCUT2D eigenvalue weighted by Crippen LogP contribution is 2.63. The van der Waals surface area contributed by atoms with Crippen LogP contribution in [0.1, 0.15) is 225 Å². The first-order valence-electron chi connectivity index (χ1n) is 35.8. The first-order chi connectivity index (χ1) is 43.7. The average Bonchev–Trinajstić information content (AvgIpc) is 1.60. The largest absolute Gasteiger partial charge is 0.459 e. The number of hydrogen-bond acceptors (Lipinski definition) is 10. The van der Waals surface area contributed by atoms with E-state index >= 15 is 0 Å². The third-order valence-corrected chi connectivity index (χ3v) is 27.0. The van der Waals surface area contributed by atoms with Gasteiger partial charge in [-0.25, -0.2) is 14.4 Å². The molecule has 0 amide bonds. The molecule has 7 aliphatic carbocycles. The number of halogens is 2. The van der Waals surface area contributed by atoms with Crippen molar-refractivity contribution in [2.24, 2.45) is 69.5 Å². The molecule has 10 nitrogen and oxygen atoms in total. The van der Waals surface area contributed by atoms with Gasteiger partial charge >= 0.3 is 17.9 Å². The lowest BCUT2D eigenvalue weighted by Gasteiger charge is -2.44. The van der Waals surface area contributed by atoms with Crippen LogP contribution < -0.4 is 0 Å². The molecule has 0 bridgehead atoms. The van der Waals surface area contributed by atoms with Crippen LogP contribution in [0, 0.1) is 81.8 Å². The highest BCUT2D eigenvalue weighted by Gasteiger charge is 2.54. The summed E-state index contributed by atoms with van der Waals surface area (Å²) in [4.78, 5) is 39.2. The van der Waals surface area contributed by atoms with Crippen LogP contribution in [0.5, 0.6) is 0 Å². The van der Waals surface area contributed by atoms with Gasteiger partial charge in [0.05, 0.1) is 24.4 Å². The van der Waals surface area contributed by atoms with E-state index in [9.17, 15) is 24.6 Å². The van der Waals surface area contributed by atoms with Crippen molar-refractivity contribution in [1.82, 2.24) is 0 Å². The van der Waals surface area contributed by atoms with E-state index < -0.39 is 28.8 Å². The van der Waals surface area contributed by atoms with E-state index in [1.165, 1.54) is 95.5 Å². The Morgan fingerprint density at radius 3 is 1.45 bits per heavy atom. The van der Waals surface area contributed by atoms with Crippen molar-refractivity contribution in [2.45, 2.75) is 307 Å². The molecular weight excluding hydrogens is 1360 g/mol. The minimum atomic E-state index is -1.57. The molecule has 2 N–H and O–H groups in total. The van der Waals surface area contributed by atoms with Crippen LogP contribution in [-0.4, -0.2) is 87.5 Å². The van der Waals surface area contributed by atoms with E-state index in [4.69, 9.17) is 29.5 Å². The molecule has 0 aromatic rings. The van der Waals surface area contributed by atoms with Gasteiger partial charge in [0.1, 0.15) is 18.3 Å². The SMILES string of the molecule is C.C.C.C#CC[C@H](C[C@@H](C=C)O[Si](C)(C)C)O[Si](C)(C)C.C=C1/C(=C\C=C2/CCC[C@@]3(C)C2CC[C@@H]3[C@H](C)C[C@@H]2C=C(C)C(=O)O2)C[C@@H](O)C[C@@H]1O.C=C1C[C@@H](C[C@@H](C)[C@H]2CCC3/C(=C/Br)CCC[C@@]32C)OC1=O.CC1=C[C@@H](C[C@@H](C)[C@H]2CCC3/C(=C/Br)CCC[C@@]32C)OC1=O. The Morgan fingerprint density at radius 1 is 0.646 bits per heavy atom. The minimum Gasteiger partial charge on any atom is -0.459 e. The number of carbonyl (C=O) groups is 3. The van der Waals surface area contributed by atoms with Crippen molar-refractivity contribution >= 4 is 66.4 Å². The Labute approximate surface area is 603 Å². The smallest absolute Gasteiger partial charge is 0.334 e. The molecule has 0 radical (unpaired) electrons. The topological polar surface area (TPSA) is 138 Å². The number of fused-ring (bicyclic) bond motifs is 3.